The van der Waals surface area contributed by atoms with Gasteiger partial charge in [-0.25, -0.2) is 9.69 Å². The molecule has 4 aromatic rings. The van der Waals surface area contributed by atoms with Crippen LogP contribution in [0.5, 0.6) is 5.75 Å². The van der Waals surface area contributed by atoms with Crippen LogP contribution >= 0.6 is 0 Å². The van der Waals surface area contributed by atoms with Crippen LogP contribution in [0.4, 0.5) is 10.5 Å². The third kappa shape index (κ3) is 5.36. The highest BCUT2D eigenvalue weighted by Crippen LogP contribution is 2.45. The van der Waals surface area contributed by atoms with Crippen LogP contribution in [0.2, 0.25) is 0 Å². The lowest BCUT2D eigenvalue weighted by Crippen LogP contribution is -2.44. The van der Waals surface area contributed by atoms with Crippen LogP contribution in [0, 0.1) is 0 Å². The maximum Gasteiger partial charge on any atom is 0.332 e. The Labute approximate surface area is 250 Å². The number of unbranched alkanes of at least 4 members (excludes halogenated alkanes) is 1. The molecule has 2 N–H and O–H groups in total. The number of aromatic nitrogens is 1. The number of methoxy groups -OCH3 is 1. The molecule has 1 saturated heterocycles. The molecule has 3 heterocycles. The van der Waals surface area contributed by atoms with E-state index >= 15 is 0 Å². The third-order valence-electron chi connectivity index (χ3n) is 8.24. The summed E-state index contributed by atoms with van der Waals surface area (Å²) in [5.41, 5.74) is 4.65. The monoisotopic (exact) mass is 580 g/mol. The molecule has 3 aromatic carbocycles. The number of carbonyl (C=O) groups is 3. The number of nitrogens with one attached hydrogen (secondary N) is 2. The van der Waals surface area contributed by atoms with E-state index in [1.165, 1.54) is 4.90 Å². The van der Waals surface area contributed by atoms with Crippen molar-refractivity contribution < 1.29 is 23.9 Å². The first-order chi connectivity index (χ1) is 21.0. The van der Waals surface area contributed by atoms with E-state index in [0.717, 1.165) is 53.6 Å². The molecule has 0 radical (unpaired) electrons. The van der Waals surface area contributed by atoms with E-state index in [1.807, 2.05) is 48.5 Å². The quantitative estimate of drug-likeness (QED) is 0.178. The summed E-state index contributed by atoms with van der Waals surface area (Å²) >= 11 is 0. The number of nitrogens with zero attached hydrogens (tertiary/aromatic N) is 2. The van der Waals surface area contributed by atoms with E-state index in [0.29, 0.717) is 36.6 Å². The van der Waals surface area contributed by atoms with Crippen molar-refractivity contribution in [1.29, 1.82) is 0 Å². The smallest absolute Gasteiger partial charge is 0.332 e. The molecule has 9 nitrogen and oxygen atoms in total. The summed E-state index contributed by atoms with van der Waals surface area (Å²) in [4.78, 5) is 47.2. The SMILES string of the molecule is CCCCOCCCNC(=O)c1ccc(N2C(=O)[C@@H]3Cc4c([nH]c5ccccc45)[C@@H](c4cccc(OC)c4)N3C2=O)cc1. The van der Waals surface area contributed by atoms with Crippen LogP contribution in [-0.2, 0) is 16.0 Å². The van der Waals surface area contributed by atoms with Crippen molar-refractivity contribution in [1.82, 2.24) is 15.2 Å². The number of aromatic amines is 1. The van der Waals surface area contributed by atoms with E-state index in [4.69, 9.17) is 9.47 Å². The number of ether oxygens (including phenoxy) is 2. The number of para-hydroxylation sites is 1. The second-order valence-electron chi connectivity index (χ2n) is 10.9. The van der Waals surface area contributed by atoms with Gasteiger partial charge in [-0.3, -0.25) is 14.5 Å². The summed E-state index contributed by atoms with van der Waals surface area (Å²) in [5, 5.41) is 3.95. The van der Waals surface area contributed by atoms with Crippen LogP contribution < -0.4 is 15.0 Å². The van der Waals surface area contributed by atoms with Gasteiger partial charge in [0, 0.05) is 48.3 Å². The molecular weight excluding hydrogens is 544 g/mol. The lowest BCUT2D eigenvalue weighted by molar-refractivity contribution is -0.120. The minimum atomic E-state index is -0.669. The van der Waals surface area contributed by atoms with Gasteiger partial charge in [0.25, 0.3) is 11.8 Å². The lowest BCUT2D eigenvalue weighted by atomic mass is 9.89. The van der Waals surface area contributed by atoms with E-state index in [2.05, 4.69) is 17.2 Å². The van der Waals surface area contributed by atoms with Crippen molar-refractivity contribution in [3.63, 3.8) is 0 Å². The van der Waals surface area contributed by atoms with Crippen molar-refractivity contribution >= 4 is 34.4 Å². The first kappa shape index (κ1) is 28.5. The number of amides is 4. The maximum atomic E-state index is 14.1. The second-order valence-corrected chi connectivity index (χ2v) is 10.9. The molecule has 9 heteroatoms. The van der Waals surface area contributed by atoms with Crippen LogP contribution in [0.25, 0.3) is 10.9 Å². The van der Waals surface area contributed by atoms with Crippen LogP contribution in [0.15, 0.2) is 72.8 Å². The van der Waals surface area contributed by atoms with Crippen molar-refractivity contribution in [3.05, 3.63) is 95.2 Å². The Morgan fingerprint density at radius 1 is 1.00 bits per heavy atom. The Morgan fingerprint density at radius 2 is 1.79 bits per heavy atom. The summed E-state index contributed by atoms with van der Waals surface area (Å²) in [6, 6.07) is 20.7. The molecule has 43 heavy (non-hydrogen) atoms. The van der Waals surface area contributed by atoms with Gasteiger partial charge < -0.3 is 19.8 Å². The summed E-state index contributed by atoms with van der Waals surface area (Å²) in [7, 11) is 1.61. The largest absolute Gasteiger partial charge is 0.497 e. The second kappa shape index (κ2) is 12.3. The lowest BCUT2D eigenvalue weighted by Gasteiger charge is -2.36. The number of fused-ring (bicyclic) bond motifs is 4. The zero-order valence-electron chi connectivity index (χ0n) is 24.5. The summed E-state index contributed by atoms with van der Waals surface area (Å²) in [5.74, 6) is 0.180. The van der Waals surface area contributed by atoms with Crippen molar-refractivity contribution in [3.8, 4) is 5.75 Å². The first-order valence-corrected chi connectivity index (χ1v) is 14.9. The normalized spacial score (nSPS) is 17.7. The fourth-order valence-electron chi connectivity index (χ4n) is 6.06. The Bertz CT molecular complexity index is 1650. The minimum absolute atomic E-state index is 0.208. The van der Waals surface area contributed by atoms with Crippen LogP contribution in [0.3, 0.4) is 0 Å². The van der Waals surface area contributed by atoms with Gasteiger partial charge in [-0.2, -0.15) is 0 Å². The van der Waals surface area contributed by atoms with E-state index in [-0.39, 0.29) is 11.8 Å². The van der Waals surface area contributed by atoms with Crippen molar-refractivity contribution in [2.24, 2.45) is 0 Å². The molecule has 0 bridgehead atoms. The van der Waals surface area contributed by atoms with Gasteiger partial charge in [-0.15, -0.1) is 0 Å². The fraction of sp³-hybridized carbons (Fsp3) is 0.324. The molecule has 6 rings (SSSR count). The predicted molar refractivity (Wildman–Crippen MR) is 164 cm³/mol. The number of urea groups is 1. The molecule has 222 valence electrons. The Morgan fingerprint density at radius 3 is 2.58 bits per heavy atom. The maximum absolute atomic E-state index is 14.1. The van der Waals surface area contributed by atoms with Gasteiger partial charge in [0.1, 0.15) is 17.8 Å². The molecule has 0 aliphatic carbocycles. The number of hydrogen-bond acceptors (Lipinski definition) is 5. The Kier molecular flexibility index (Phi) is 8.16. The van der Waals surface area contributed by atoms with E-state index < -0.39 is 18.1 Å². The summed E-state index contributed by atoms with van der Waals surface area (Å²) < 4.78 is 11.0. The van der Waals surface area contributed by atoms with Crippen LogP contribution in [-0.4, -0.2) is 60.6 Å². The highest BCUT2D eigenvalue weighted by Gasteiger charge is 2.53. The zero-order valence-corrected chi connectivity index (χ0v) is 24.5. The van der Waals surface area contributed by atoms with Gasteiger partial charge in [-0.05, 0) is 66.4 Å². The average Bonchev–Trinajstić information content (AvgIpc) is 3.53. The Hall–Kier alpha value is -4.63. The summed E-state index contributed by atoms with van der Waals surface area (Å²) in [6.45, 7) is 3.97. The number of benzene rings is 3. The van der Waals surface area contributed by atoms with Gasteiger partial charge in [0.15, 0.2) is 0 Å². The summed E-state index contributed by atoms with van der Waals surface area (Å²) in [6.07, 6.45) is 3.26. The number of carbonyl (C=O) groups excluding carboxylic acids is 3. The minimum Gasteiger partial charge on any atom is -0.497 e. The number of anilines is 1. The molecule has 2 aliphatic heterocycles. The number of imide groups is 1. The Balaban J connectivity index is 1.24. The molecule has 1 fully saturated rings. The number of H-pyrrole nitrogens is 1. The number of rotatable bonds is 11. The standard InChI is InChI=1S/C34H36N4O5/c1-3-4-18-43-19-8-17-35-32(39)22-13-15-24(16-14-22)37-33(40)29-21-27-26-11-5-6-12-28(26)36-30(27)31(38(29)34(37)41)23-9-7-10-25(20-23)42-2/h5-7,9-16,20,29,31,36H,3-4,8,17-19,21H2,1-2H3,(H,35,39)/t29-,31+/m0/s1. The molecule has 2 aliphatic rings. The van der Waals surface area contributed by atoms with E-state index in [9.17, 15) is 14.4 Å². The predicted octanol–water partition coefficient (Wildman–Crippen LogP) is 5.60. The molecule has 2 atom stereocenters. The number of hydrogen-bond donors (Lipinski definition) is 2. The highest BCUT2D eigenvalue weighted by atomic mass is 16.5. The van der Waals surface area contributed by atoms with Crippen molar-refractivity contribution in [2.45, 2.75) is 44.7 Å². The van der Waals surface area contributed by atoms with Gasteiger partial charge >= 0.3 is 6.03 Å². The van der Waals surface area contributed by atoms with Gasteiger partial charge in [0.2, 0.25) is 0 Å². The van der Waals surface area contributed by atoms with Crippen molar-refractivity contribution in [2.75, 3.05) is 31.8 Å². The molecule has 1 aromatic heterocycles. The topological polar surface area (TPSA) is 104 Å². The fourth-order valence-corrected chi connectivity index (χ4v) is 6.06. The zero-order chi connectivity index (χ0) is 29.9. The van der Waals surface area contributed by atoms with E-state index in [1.54, 1.807) is 36.3 Å². The highest BCUT2D eigenvalue weighted by molar-refractivity contribution is 6.22. The average molecular weight is 581 g/mol. The molecule has 0 spiro atoms. The molecular formula is C34H36N4O5. The molecule has 0 saturated carbocycles. The molecule has 4 amide bonds. The van der Waals surface area contributed by atoms with Gasteiger partial charge in [-0.1, -0.05) is 43.7 Å². The first-order valence-electron chi connectivity index (χ1n) is 14.9. The third-order valence-corrected chi connectivity index (χ3v) is 8.24. The molecule has 0 unspecified atom stereocenters. The van der Waals surface area contributed by atoms with Crippen LogP contribution in [0.1, 0.15) is 59.4 Å². The van der Waals surface area contributed by atoms with Gasteiger partial charge in [0.05, 0.1) is 12.8 Å².